The highest BCUT2D eigenvalue weighted by Crippen LogP contribution is 2.33. The summed E-state index contributed by atoms with van der Waals surface area (Å²) in [6, 6.07) is 0.266. The van der Waals surface area contributed by atoms with Crippen molar-refractivity contribution in [2.75, 3.05) is 26.7 Å². The van der Waals surface area contributed by atoms with Gasteiger partial charge in [-0.2, -0.15) is 4.98 Å². The van der Waals surface area contributed by atoms with Crippen LogP contribution in [0.5, 0.6) is 0 Å². The number of likely N-dealkylation sites (N-methyl/N-ethyl adjacent to an activating group) is 1. The smallest absolute Gasteiger partial charge is 0.226 e. The molecule has 3 rings (SSSR count). The molecule has 18 heavy (non-hydrogen) atoms. The molecule has 0 aromatic carbocycles. The van der Waals surface area contributed by atoms with Crippen molar-refractivity contribution in [3.63, 3.8) is 0 Å². The molecular formula is C12H21ClN4O. The van der Waals surface area contributed by atoms with Gasteiger partial charge in [0.1, 0.15) is 0 Å². The normalized spacial score (nSPS) is 24.8. The number of nitrogens with zero attached hydrogens (tertiary/aromatic N) is 3. The maximum absolute atomic E-state index is 5.33. The molecule has 1 aromatic rings. The lowest BCUT2D eigenvalue weighted by atomic mass is 10.2. The molecule has 1 aromatic heterocycles. The molecule has 1 saturated carbocycles. The Hall–Kier alpha value is -0.650. The molecule has 5 nitrogen and oxygen atoms in total. The lowest BCUT2D eigenvalue weighted by Gasteiger charge is -2.30. The number of aryl methyl sites for hydroxylation is 1. The lowest BCUT2D eigenvalue weighted by Crippen LogP contribution is -2.44. The van der Waals surface area contributed by atoms with Crippen LogP contribution in [-0.4, -0.2) is 41.7 Å². The van der Waals surface area contributed by atoms with Gasteiger partial charge in [0.2, 0.25) is 5.89 Å². The number of rotatable bonds is 4. The first-order chi connectivity index (χ1) is 8.33. The Balaban J connectivity index is 0.00000120. The minimum atomic E-state index is 0. The summed E-state index contributed by atoms with van der Waals surface area (Å²) in [5, 5.41) is 7.49. The topological polar surface area (TPSA) is 54.2 Å². The highest BCUT2D eigenvalue weighted by molar-refractivity contribution is 5.85. The molecule has 0 spiro atoms. The van der Waals surface area contributed by atoms with E-state index in [4.69, 9.17) is 4.52 Å². The van der Waals surface area contributed by atoms with Crippen LogP contribution in [-0.2, 0) is 6.42 Å². The summed E-state index contributed by atoms with van der Waals surface area (Å²) in [7, 11) is 2.12. The van der Waals surface area contributed by atoms with Crippen LogP contribution >= 0.6 is 12.4 Å². The van der Waals surface area contributed by atoms with Gasteiger partial charge in [0, 0.05) is 26.1 Å². The molecule has 0 amide bonds. The van der Waals surface area contributed by atoms with Crippen molar-refractivity contribution in [1.82, 2.24) is 20.4 Å². The fourth-order valence-corrected chi connectivity index (χ4v) is 2.33. The van der Waals surface area contributed by atoms with Crippen molar-refractivity contribution in [1.29, 1.82) is 0 Å². The second-order valence-electron chi connectivity index (χ2n) is 5.23. The zero-order valence-corrected chi connectivity index (χ0v) is 11.6. The van der Waals surface area contributed by atoms with E-state index in [-0.39, 0.29) is 18.4 Å². The zero-order chi connectivity index (χ0) is 11.7. The molecule has 0 bridgehead atoms. The van der Waals surface area contributed by atoms with Crippen LogP contribution in [0.25, 0.3) is 0 Å². The van der Waals surface area contributed by atoms with Gasteiger partial charge < -0.3 is 9.84 Å². The van der Waals surface area contributed by atoms with E-state index >= 15 is 0 Å². The van der Waals surface area contributed by atoms with Crippen molar-refractivity contribution < 1.29 is 4.52 Å². The first kappa shape index (κ1) is 13.8. The standard InChI is InChI=1S/C12H20N4O.ClH/c1-16-7-6-13-8-10(16)12-14-11(17-15-12)5-4-9-2-3-9;/h9-10,13H,2-8H2,1H3;1H. The zero-order valence-electron chi connectivity index (χ0n) is 10.8. The van der Waals surface area contributed by atoms with Crippen LogP contribution in [0.4, 0.5) is 0 Å². The Morgan fingerprint density at radius 2 is 2.28 bits per heavy atom. The van der Waals surface area contributed by atoms with Crippen LogP contribution < -0.4 is 5.32 Å². The van der Waals surface area contributed by atoms with E-state index in [1.54, 1.807) is 0 Å². The van der Waals surface area contributed by atoms with E-state index in [0.29, 0.717) is 0 Å². The third-order valence-electron chi connectivity index (χ3n) is 3.76. The molecule has 1 aliphatic heterocycles. The molecule has 0 radical (unpaired) electrons. The van der Waals surface area contributed by atoms with Gasteiger partial charge in [-0.25, -0.2) is 0 Å². The van der Waals surface area contributed by atoms with Gasteiger partial charge in [-0.3, -0.25) is 4.90 Å². The number of piperazine rings is 1. The number of halogens is 1. The molecule has 1 saturated heterocycles. The van der Waals surface area contributed by atoms with Gasteiger partial charge in [-0.1, -0.05) is 18.0 Å². The minimum Gasteiger partial charge on any atom is -0.339 e. The van der Waals surface area contributed by atoms with Gasteiger partial charge in [0.05, 0.1) is 6.04 Å². The summed E-state index contributed by atoms with van der Waals surface area (Å²) >= 11 is 0. The quantitative estimate of drug-likeness (QED) is 0.898. The first-order valence-electron chi connectivity index (χ1n) is 6.56. The van der Waals surface area contributed by atoms with E-state index < -0.39 is 0 Å². The van der Waals surface area contributed by atoms with E-state index in [1.807, 2.05) is 0 Å². The summed E-state index contributed by atoms with van der Waals surface area (Å²) in [6.45, 7) is 2.99. The van der Waals surface area contributed by atoms with Crippen molar-refractivity contribution in [3.05, 3.63) is 11.7 Å². The maximum atomic E-state index is 5.33. The summed E-state index contributed by atoms with van der Waals surface area (Å²) in [5.41, 5.74) is 0. The van der Waals surface area contributed by atoms with E-state index in [2.05, 4.69) is 27.4 Å². The number of nitrogens with one attached hydrogen (secondary N) is 1. The van der Waals surface area contributed by atoms with Crippen LogP contribution in [0, 0.1) is 5.92 Å². The number of aromatic nitrogens is 2. The Morgan fingerprint density at radius 1 is 1.44 bits per heavy atom. The molecule has 102 valence electrons. The Kier molecular flexibility index (Phi) is 4.59. The van der Waals surface area contributed by atoms with E-state index in [9.17, 15) is 0 Å². The van der Waals surface area contributed by atoms with E-state index in [1.165, 1.54) is 19.3 Å². The van der Waals surface area contributed by atoms with Crippen LogP contribution in [0.2, 0.25) is 0 Å². The fraction of sp³-hybridized carbons (Fsp3) is 0.833. The third kappa shape index (κ3) is 3.22. The van der Waals surface area contributed by atoms with Gasteiger partial charge in [0.25, 0.3) is 0 Å². The SMILES string of the molecule is CN1CCNCC1c1noc(CCC2CC2)n1.Cl. The van der Waals surface area contributed by atoms with E-state index in [0.717, 1.165) is 43.7 Å². The molecular weight excluding hydrogens is 252 g/mol. The summed E-state index contributed by atoms with van der Waals surface area (Å²) in [4.78, 5) is 6.81. The molecule has 1 aliphatic carbocycles. The van der Waals surface area contributed by atoms with Crippen LogP contribution in [0.1, 0.15) is 37.0 Å². The van der Waals surface area contributed by atoms with Crippen LogP contribution in [0.3, 0.4) is 0 Å². The summed E-state index contributed by atoms with van der Waals surface area (Å²) < 4.78 is 5.33. The second-order valence-corrected chi connectivity index (χ2v) is 5.23. The minimum absolute atomic E-state index is 0. The van der Waals surface area contributed by atoms with Crippen LogP contribution in [0.15, 0.2) is 4.52 Å². The van der Waals surface area contributed by atoms with Crippen molar-refractivity contribution in [3.8, 4) is 0 Å². The third-order valence-corrected chi connectivity index (χ3v) is 3.76. The highest BCUT2D eigenvalue weighted by atomic mass is 35.5. The van der Waals surface area contributed by atoms with Gasteiger partial charge in [0.15, 0.2) is 5.82 Å². The van der Waals surface area contributed by atoms with Gasteiger partial charge in [-0.15, -0.1) is 12.4 Å². The summed E-state index contributed by atoms with van der Waals surface area (Å²) in [6.07, 6.45) is 4.93. The Bertz CT molecular complexity index is 380. The fourth-order valence-electron chi connectivity index (χ4n) is 2.33. The van der Waals surface area contributed by atoms with Gasteiger partial charge in [-0.05, 0) is 19.4 Å². The number of hydrogen-bond donors (Lipinski definition) is 1. The predicted molar refractivity (Wildman–Crippen MR) is 70.8 cm³/mol. The summed E-state index contributed by atoms with van der Waals surface area (Å²) in [5.74, 6) is 2.57. The molecule has 1 unspecified atom stereocenters. The number of hydrogen-bond acceptors (Lipinski definition) is 5. The first-order valence-corrected chi connectivity index (χ1v) is 6.56. The highest BCUT2D eigenvalue weighted by Gasteiger charge is 2.26. The largest absolute Gasteiger partial charge is 0.339 e. The molecule has 2 heterocycles. The van der Waals surface area contributed by atoms with Crippen molar-refractivity contribution >= 4 is 12.4 Å². The van der Waals surface area contributed by atoms with Gasteiger partial charge >= 0.3 is 0 Å². The molecule has 6 heteroatoms. The average molecular weight is 273 g/mol. The molecule has 1 N–H and O–H groups in total. The molecule has 2 aliphatic rings. The van der Waals surface area contributed by atoms with Crippen molar-refractivity contribution in [2.24, 2.45) is 5.92 Å². The predicted octanol–water partition coefficient (Wildman–Crippen LogP) is 1.41. The molecule has 2 fully saturated rings. The second kappa shape index (κ2) is 5.99. The monoisotopic (exact) mass is 272 g/mol. The Labute approximate surface area is 114 Å². The van der Waals surface area contributed by atoms with Crippen molar-refractivity contribution in [2.45, 2.75) is 31.7 Å². The Morgan fingerprint density at radius 3 is 3.00 bits per heavy atom. The maximum Gasteiger partial charge on any atom is 0.226 e. The average Bonchev–Trinajstić information content (AvgIpc) is 3.06. The molecule has 1 atom stereocenters. The lowest BCUT2D eigenvalue weighted by molar-refractivity contribution is 0.190.